The molecule has 7 heteroatoms. The van der Waals surface area contributed by atoms with Gasteiger partial charge in [-0.15, -0.1) is 0 Å². The molecule has 7 nitrogen and oxygen atoms in total. The predicted octanol–water partition coefficient (Wildman–Crippen LogP) is 3.64. The maximum Gasteiger partial charge on any atom is 0.142 e. The van der Waals surface area contributed by atoms with Crippen LogP contribution in [-0.4, -0.2) is 38.7 Å². The summed E-state index contributed by atoms with van der Waals surface area (Å²) < 4.78 is 1.83. The van der Waals surface area contributed by atoms with Gasteiger partial charge in [-0.25, -0.2) is 9.50 Å². The van der Waals surface area contributed by atoms with Gasteiger partial charge in [0.05, 0.1) is 22.6 Å². The molecule has 1 aromatic carbocycles. The molecule has 27 heavy (non-hydrogen) atoms. The van der Waals surface area contributed by atoms with Crippen LogP contribution < -0.4 is 10.2 Å². The third-order valence-electron chi connectivity index (χ3n) is 4.61. The molecule has 0 aliphatic rings. The first-order chi connectivity index (χ1) is 13.2. The van der Waals surface area contributed by atoms with Gasteiger partial charge in [-0.1, -0.05) is 0 Å². The van der Waals surface area contributed by atoms with Crippen LogP contribution in [0.15, 0.2) is 61.3 Å². The van der Waals surface area contributed by atoms with Gasteiger partial charge in [0.25, 0.3) is 0 Å². The van der Waals surface area contributed by atoms with Gasteiger partial charge in [0.2, 0.25) is 0 Å². The molecule has 4 aromatic heterocycles. The van der Waals surface area contributed by atoms with Crippen molar-refractivity contribution >= 4 is 44.5 Å². The van der Waals surface area contributed by atoms with Gasteiger partial charge in [-0.05, 0) is 30.3 Å². The molecule has 0 amide bonds. The fourth-order valence-corrected chi connectivity index (χ4v) is 3.24. The van der Waals surface area contributed by atoms with Crippen molar-refractivity contribution in [3.05, 3.63) is 61.3 Å². The highest BCUT2D eigenvalue weighted by Gasteiger charge is 2.15. The molecule has 0 aliphatic heterocycles. The van der Waals surface area contributed by atoms with Crippen molar-refractivity contribution in [1.29, 1.82) is 0 Å². The molecule has 0 spiro atoms. The number of fused-ring (bicyclic) bond motifs is 5. The van der Waals surface area contributed by atoms with Crippen LogP contribution in [-0.2, 0) is 0 Å². The van der Waals surface area contributed by atoms with Crippen molar-refractivity contribution in [2.24, 2.45) is 0 Å². The maximum absolute atomic E-state index is 4.84. The third kappa shape index (κ3) is 2.52. The quantitative estimate of drug-likeness (QED) is 0.533. The number of aromatic nitrogens is 5. The summed E-state index contributed by atoms with van der Waals surface area (Å²) in [4.78, 5) is 15.4. The average molecular weight is 355 g/mol. The van der Waals surface area contributed by atoms with Gasteiger partial charge >= 0.3 is 0 Å². The van der Waals surface area contributed by atoms with Gasteiger partial charge in [0, 0.05) is 55.6 Å². The van der Waals surface area contributed by atoms with Crippen LogP contribution in [0.2, 0.25) is 0 Å². The SMILES string of the molecule is CN(C)c1ccc(Nc2nc3ccncc3c3nn4ccncc4c23)cc1. The smallest absolute Gasteiger partial charge is 0.142 e. The molecule has 132 valence electrons. The first-order valence-electron chi connectivity index (χ1n) is 8.61. The average Bonchev–Trinajstić information content (AvgIpc) is 3.09. The van der Waals surface area contributed by atoms with Crippen LogP contribution in [0.1, 0.15) is 0 Å². The summed E-state index contributed by atoms with van der Waals surface area (Å²) in [5.41, 5.74) is 4.71. The van der Waals surface area contributed by atoms with E-state index < -0.39 is 0 Å². The number of nitrogens with one attached hydrogen (secondary N) is 1. The van der Waals surface area contributed by atoms with Gasteiger partial charge < -0.3 is 10.2 Å². The first-order valence-corrected chi connectivity index (χ1v) is 8.61. The highest BCUT2D eigenvalue weighted by molar-refractivity contribution is 6.14. The van der Waals surface area contributed by atoms with Gasteiger partial charge in [0.1, 0.15) is 11.3 Å². The van der Waals surface area contributed by atoms with Crippen LogP contribution in [0.3, 0.4) is 0 Å². The van der Waals surface area contributed by atoms with E-state index in [4.69, 9.17) is 10.1 Å². The van der Waals surface area contributed by atoms with E-state index in [0.717, 1.165) is 44.5 Å². The number of rotatable bonds is 3. The van der Waals surface area contributed by atoms with Gasteiger partial charge in [-0.3, -0.25) is 9.97 Å². The van der Waals surface area contributed by atoms with Crippen molar-refractivity contribution < 1.29 is 0 Å². The first kappa shape index (κ1) is 15.5. The molecule has 0 radical (unpaired) electrons. The molecule has 0 saturated heterocycles. The van der Waals surface area contributed by atoms with E-state index in [-0.39, 0.29) is 0 Å². The van der Waals surface area contributed by atoms with Crippen molar-refractivity contribution in [2.75, 3.05) is 24.3 Å². The zero-order valence-corrected chi connectivity index (χ0v) is 15.0. The minimum atomic E-state index is 0.754. The Balaban J connectivity index is 1.74. The number of nitrogens with zero attached hydrogens (tertiary/aromatic N) is 6. The van der Waals surface area contributed by atoms with Crippen LogP contribution in [0.25, 0.3) is 27.3 Å². The van der Waals surface area contributed by atoms with Gasteiger partial charge in [-0.2, -0.15) is 5.10 Å². The highest BCUT2D eigenvalue weighted by Crippen LogP contribution is 2.33. The number of anilines is 3. The second-order valence-electron chi connectivity index (χ2n) is 6.55. The molecule has 0 saturated carbocycles. The number of hydrogen-bond donors (Lipinski definition) is 1. The van der Waals surface area contributed by atoms with E-state index in [9.17, 15) is 0 Å². The van der Waals surface area contributed by atoms with E-state index in [2.05, 4.69) is 32.3 Å². The van der Waals surface area contributed by atoms with E-state index >= 15 is 0 Å². The Hall–Kier alpha value is -3.74. The molecule has 0 bridgehead atoms. The summed E-state index contributed by atoms with van der Waals surface area (Å²) in [5, 5.41) is 10.0. The summed E-state index contributed by atoms with van der Waals surface area (Å²) in [6.45, 7) is 0. The second-order valence-corrected chi connectivity index (χ2v) is 6.55. The molecule has 0 aliphatic carbocycles. The van der Waals surface area contributed by atoms with Gasteiger partial charge in [0.15, 0.2) is 0 Å². The fraction of sp³-hybridized carbons (Fsp3) is 0.100. The molecule has 4 heterocycles. The van der Waals surface area contributed by atoms with Crippen molar-refractivity contribution in [3.63, 3.8) is 0 Å². The minimum Gasteiger partial charge on any atom is -0.378 e. The standard InChI is InChI=1S/C20H17N7/c1-26(2)14-5-3-13(4-6-14)23-20-18-17-12-22-9-10-27(17)25-19(18)15-11-21-8-7-16(15)24-20/h3-12H,1-2H3,(H,23,24). The summed E-state index contributed by atoms with van der Waals surface area (Å²) in [6, 6.07) is 10.1. The minimum absolute atomic E-state index is 0.754. The Morgan fingerprint density at radius 1 is 0.963 bits per heavy atom. The lowest BCUT2D eigenvalue weighted by Gasteiger charge is -2.13. The summed E-state index contributed by atoms with van der Waals surface area (Å²) in [6.07, 6.45) is 8.92. The molecule has 5 aromatic rings. The monoisotopic (exact) mass is 355 g/mol. The molecular formula is C20H17N7. The van der Waals surface area contributed by atoms with Crippen LogP contribution in [0, 0.1) is 0 Å². The molecule has 0 unspecified atom stereocenters. The van der Waals surface area contributed by atoms with E-state index in [1.807, 2.05) is 43.0 Å². The predicted molar refractivity (Wildman–Crippen MR) is 108 cm³/mol. The topological polar surface area (TPSA) is 71.2 Å². The zero-order valence-electron chi connectivity index (χ0n) is 15.0. The summed E-state index contributed by atoms with van der Waals surface area (Å²) >= 11 is 0. The molecule has 1 N–H and O–H groups in total. The normalized spacial score (nSPS) is 11.3. The maximum atomic E-state index is 4.84. The van der Waals surface area contributed by atoms with E-state index in [0.29, 0.717) is 0 Å². The Labute approximate surface area is 155 Å². The Bertz CT molecular complexity index is 1270. The Morgan fingerprint density at radius 2 is 1.78 bits per heavy atom. The van der Waals surface area contributed by atoms with Crippen LogP contribution in [0.4, 0.5) is 17.2 Å². The molecule has 0 atom stereocenters. The summed E-state index contributed by atoms with van der Waals surface area (Å²) in [5.74, 6) is 0.754. The summed E-state index contributed by atoms with van der Waals surface area (Å²) in [7, 11) is 4.05. The highest BCUT2D eigenvalue weighted by atomic mass is 15.2. The van der Waals surface area contributed by atoms with E-state index in [1.165, 1.54) is 0 Å². The van der Waals surface area contributed by atoms with Crippen LogP contribution >= 0.6 is 0 Å². The third-order valence-corrected chi connectivity index (χ3v) is 4.61. The molecule has 5 rings (SSSR count). The number of benzene rings is 1. The van der Waals surface area contributed by atoms with Crippen LogP contribution in [0.5, 0.6) is 0 Å². The number of pyridine rings is 2. The van der Waals surface area contributed by atoms with Crippen molar-refractivity contribution in [1.82, 2.24) is 24.6 Å². The second kappa shape index (κ2) is 5.91. The Morgan fingerprint density at radius 3 is 2.59 bits per heavy atom. The van der Waals surface area contributed by atoms with Crippen molar-refractivity contribution in [2.45, 2.75) is 0 Å². The largest absolute Gasteiger partial charge is 0.378 e. The lowest BCUT2D eigenvalue weighted by molar-refractivity contribution is 0.965. The molecular weight excluding hydrogens is 338 g/mol. The van der Waals surface area contributed by atoms with Crippen molar-refractivity contribution in [3.8, 4) is 0 Å². The fourth-order valence-electron chi connectivity index (χ4n) is 3.24. The number of hydrogen-bond acceptors (Lipinski definition) is 6. The van der Waals surface area contributed by atoms with E-state index in [1.54, 1.807) is 24.8 Å². The lowest BCUT2D eigenvalue weighted by Crippen LogP contribution is -2.08. The zero-order chi connectivity index (χ0) is 18.4. The Kier molecular flexibility index (Phi) is 3.39. The lowest BCUT2D eigenvalue weighted by atomic mass is 10.1. The molecule has 0 fully saturated rings.